The highest BCUT2D eigenvalue weighted by Crippen LogP contribution is 2.25. The fourth-order valence-corrected chi connectivity index (χ4v) is 2.28. The normalized spacial score (nSPS) is 11.2. The molecule has 0 aliphatic heterocycles. The van der Waals surface area contributed by atoms with Gasteiger partial charge >= 0.3 is 5.97 Å². The summed E-state index contributed by atoms with van der Waals surface area (Å²) in [6.45, 7) is 3.10. The second kappa shape index (κ2) is 9.40. The average molecular weight is 386 g/mol. The van der Waals surface area contributed by atoms with Crippen LogP contribution in [0.4, 0.5) is 5.69 Å². The molecule has 0 saturated heterocycles. The zero-order valence-corrected chi connectivity index (χ0v) is 15.9. The van der Waals surface area contributed by atoms with Crippen LogP contribution < -0.4 is 20.5 Å². The van der Waals surface area contributed by atoms with Crippen molar-refractivity contribution < 1.29 is 28.6 Å². The van der Waals surface area contributed by atoms with Gasteiger partial charge in [-0.15, -0.1) is 0 Å². The Morgan fingerprint density at radius 3 is 2.39 bits per heavy atom. The van der Waals surface area contributed by atoms with Gasteiger partial charge in [-0.2, -0.15) is 0 Å². The number of carbonyl (C=O) groups is 3. The average Bonchev–Trinajstić information content (AvgIpc) is 2.66. The first-order valence-corrected chi connectivity index (χ1v) is 8.48. The van der Waals surface area contributed by atoms with Crippen molar-refractivity contribution in [2.75, 3.05) is 19.0 Å². The lowest BCUT2D eigenvalue weighted by molar-refractivity contribution is -0.123. The minimum Gasteiger partial charge on any atom is -0.495 e. The quantitative estimate of drug-likeness (QED) is 0.671. The maximum atomic E-state index is 12.4. The Morgan fingerprint density at radius 2 is 1.79 bits per heavy atom. The van der Waals surface area contributed by atoms with Crippen molar-refractivity contribution in [2.24, 2.45) is 5.73 Å². The summed E-state index contributed by atoms with van der Waals surface area (Å²) in [5.74, 6) is -0.871. The summed E-state index contributed by atoms with van der Waals surface area (Å²) in [5, 5.41) is 2.69. The third-order valence-corrected chi connectivity index (χ3v) is 3.74. The Labute approximate surface area is 162 Å². The number of ether oxygens (including phenoxy) is 3. The zero-order valence-electron chi connectivity index (χ0n) is 15.9. The molecule has 0 unspecified atom stereocenters. The molecule has 8 nitrogen and oxygen atoms in total. The molecule has 2 amide bonds. The van der Waals surface area contributed by atoms with Crippen molar-refractivity contribution in [3.8, 4) is 11.5 Å². The predicted molar refractivity (Wildman–Crippen MR) is 102 cm³/mol. The number of esters is 1. The van der Waals surface area contributed by atoms with Gasteiger partial charge in [-0.3, -0.25) is 9.59 Å². The Balaban J connectivity index is 1.97. The van der Waals surface area contributed by atoms with Crippen LogP contribution in [0.1, 0.15) is 22.8 Å². The molecule has 2 rings (SSSR count). The van der Waals surface area contributed by atoms with E-state index in [1.54, 1.807) is 12.1 Å². The molecule has 2 aromatic rings. The van der Waals surface area contributed by atoms with Crippen molar-refractivity contribution >= 4 is 23.5 Å². The smallest absolute Gasteiger partial charge is 0.338 e. The van der Waals surface area contributed by atoms with Crippen LogP contribution in [0.5, 0.6) is 11.5 Å². The number of primary amides is 1. The topological polar surface area (TPSA) is 117 Å². The van der Waals surface area contributed by atoms with Gasteiger partial charge in [0.2, 0.25) is 0 Å². The number of amides is 2. The van der Waals surface area contributed by atoms with Gasteiger partial charge in [0.1, 0.15) is 11.5 Å². The molecule has 148 valence electrons. The van der Waals surface area contributed by atoms with Gasteiger partial charge in [-0.25, -0.2) is 4.79 Å². The van der Waals surface area contributed by atoms with Crippen LogP contribution in [0.25, 0.3) is 0 Å². The highest BCUT2D eigenvalue weighted by molar-refractivity contribution is 5.98. The number of carbonyl (C=O) groups excluding carboxylic acids is 3. The number of aryl methyl sites for hydroxylation is 1. The van der Waals surface area contributed by atoms with Crippen molar-refractivity contribution in [2.45, 2.75) is 20.0 Å². The largest absolute Gasteiger partial charge is 0.495 e. The van der Waals surface area contributed by atoms with Gasteiger partial charge < -0.3 is 25.3 Å². The van der Waals surface area contributed by atoms with Crippen LogP contribution in [0.15, 0.2) is 42.5 Å². The van der Waals surface area contributed by atoms with Crippen LogP contribution >= 0.6 is 0 Å². The molecule has 28 heavy (non-hydrogen) atoms. The van der Waals surface area contributed by atoms with E-state index in [9.17, 15) is 14.4 Å². The molecule has 0 fully saturated rings. The third kappa shape index (κ3) is 5.73. The van der Waals surface area contributed by atoms with Crippen LogP contribution in [0.3, 0.4) is 0 Å². The summed E-state index contributed by atoms with van der Waals surface area (Å²) < 4.78 is 15.5. The predicted octanol–water partition coefficient (Wildman–Crippen LogP) is 2.05. The second-order valence-corrected chi connectivity index (χ2v) is 6.02. The van der Waals surface area contributed by atoms with Gasteiger partial charge in [0.25, 0.3) is 11.8 Å². The molecule has 0 aliphatic carbocycles. The summed E-state index contributed by atoms with van der Waals surface area (Å²) in [4.78, 5) is 35.3. The van der Waals surface area contributed by atoms with Gasteiger partial charge in [0, 0.05) is 0 Å². The van der Waals surface area contributed by atoms with E-state index in [2.05, 4.69) is 5.32 Å². The molecule has 0 aromatic heterocycles. The Morgan fingerprint density at radius 1 is 1.11 bits per heavy atom. The minimum atomic E-state index is -1.02. The monoisotopic (exact) mass is 386 g/mol. The fraction of sp³-hybridized carbons (Fsp3) is 0.250. The van der Waals surface area contributed by atoms with Crippen LogP contribution in [0, 0.1) is 6.92 Å². The van der Waals surface area contributed by atoms with Crippen molar-refractivity contribution in [1.29, 1.82) is 0 Å². The van der Waals surface area contributed by atoms with Crippen molar-refractivity contribution in [3.05, 3.63) is 53.6 Å². The minimum absolute atomic E-state index is 0.235. The highest BCUT2D eigenvalue weighted by atomic mass is 16.5. The van der Waals surface area contributed by atoms with Crippen molar-refractivity contribution in [3.63, 3.8) is 0 Å². The van der Waals surface area contributed by atoms with E-state index in [4.69, 9.17) is 19.9 Å². The number of hydrogen-bond acceptors (Lipinski definition) is 6. The maximum Gasteiger partial charge on any atom is 0.338 e. The van der Waals surface area contributed by atoms with Gasteiger partial charge in [-0.05, 0) is 55.8 Å². The number of anilines is 1. The zero-order chi connectivity index (χ0) is 20.7. The molecular weight excluding hydrogens is 364 g/mol. The van der Waals surface area contributed by atoms with E-state index in [1.165, 1.54) is 38.3 Å². The van der Waals surface area contributed by atoms with Gasteiger partial charge in [0.05, 0.1) is 18.4 Å². The lowest BCUT2D eigenvalue weighted by Gasteiger charge is -2.15. The standard InChI is InChI=1S/C20H22N2O6/c1-12-4-9-17(26-3)16(10-12)22-19(24)13(2)28-20(25)14-5-7-15(8-6-14)27-11-18(21)23/h4-10,13H,11H2,1-3H3,(H2,21,23)(H,22,24)/t13-/m0/s1. The summed E-state index contributed by atoms with van der Waals surface area (Å²) in [6.07, 6.45) is -1.02. The summed E-state index contributed by atoms with van der Waals surface area (Å²) >= 11 is 0. The molecule has 3 N–H and O–H groups in total. The molecule has 1 atom stereocenters. The molecular formula is C20H22N2O6. The molecule has 0 bridgehead atoms. The Bertz CT molecular complexity index is 863. The number of nitrogens with two attached hydrogens (primary N) is 1. The Kier molecular flexibility index (Phi) is 6.97. The summed E-state index contributed by atoms with van der Waals surface area (Å²) in [7, 11) is 1.50. The molecule has 0 aliphatic rings. The molecule has 0 saturated carbocycles. The number of nitrogens with one attached hydrogen (secondary N) is 1. The van der Waals surface area contributed by atoms with Crippen molar-refractivity contribution in [1.82, 2.24) is 0 Å². The number of benzene rings is 2. The Hall–Kier alpha value is -3.55. The lowest BCUT2D eigenvalue weighted by atomic mass is 10.2. The van der Waals surface area contributed by atoms with E-state index in [-0.39, 0.29) is 12.2 Å². The maximum absolute atomic E-state index is 12.4. The molecule has 2 aromatic carbocycles. The number of methoxy groups -OCH3 is 1. The molecule has 0 heterocycles. The van der Waals surface area contributed by atoms with E-state index in [0.717, 1.165) is 5.56 Å². The summed E-state index contributed by atoms with van der Waals surface area (Å²) in [6, 6.07) is 11.3. The fourth-order valence-electron chi connectivity index (χ4n) is 2.28. The van der Waals surface area contributed by atoms with Gasteiger partial charge in [0.15, 0.2) is 12.7 Å². The van der Waals surface area contributed by atoms with E-state index in [1.807, 2.05) is 13.0 Å². The highest BCUT2D eigenvalue weighted by Gasteiger charge is 2.20. The SMILES string of the molecule is COc1ccc(C)cc1NC(=O)[C@H](C)OC(=O)c1ccc(OCC(N)=O)cc1. The van der Waals surface area contributed by atoms with E-state index < -0.39 is 23.9 Å². The van der Waals surface area contributed by atoms with Crippen LogP contribution in [0.2, 0.25) is 0 Å². The van der Waals surface area contributed by atoms with E-state index in [0.29, 0.717) is 17.2 Å². The molecule has 0 spiro atoms. The van der Waals surface area contributed by atoms with Gasteiger partial charge in [-0.1, -0.05) is 6.07 Å². The third-order valence-electron chi connectivity index (χ3n) is 3.74. The molecule has 0 radical (unpaired) electrons. The lowest BCUT2D eigenvalue weighted by Crippen LogP contribution is -2.30. The number of rotatable bonds is 8. The van der Waals surface area contributed by atoms with Crippen LogP contribution in [-0.4, -0.2) is 37.6 Å². The molecule has 8 heteroatoms. The second-order valence-electron chi connectivity index (χ2n) is 6.02. The first kappa shape index (κ1) is 20.8. The van der Waals surface area contributed by atoms with Crippen LogP contribution in [-0.2, 0) is 14.3 Å². The first-order valence-electron chi connectivity index (χ1n) is 8.48. The van der Waals surface area contributed by atoms with E-state index >= 15 is 0 Å². The first-order chi connectivity index (χ1) is 13.3. The summed E-state index contributed by atoms with van der Waals surface area (Å²) in [5.41, 5.74) is 6.67. The number of hydrogen-bond donors (Lipinski definition) is 2.